The summed E-state index contributed by atoms with van der Waals surface area (Å²) >= 11 is 0. The van der Waals surface area contributed by atoms with Crippen molar-refractivity contribution in [1.82, 2.24) is 4.90 Å². The lowest BCUT2D eigenvalue weighted by Crippen LogP contribution is -2.61. The minimum Gasteiger partial charge on any atom is -0.396 e. The molecule has 2 rings (SSSR count). The van der Waals surface area contributed by atoms with Crippen LogP contribution in [0.5, 0.6) is 0 Å². The summed E-state index contributed by atoms with van der Waals surface area (Å²) in [5, 5.41) is 58.8. The Morgan fingerprint density at radius 3 is 2.26 bits per heavy atom. The van der Waals surface area contributed by atoms with Gasteiger partial charge in [0.25, 0.3) is 0 Å². The zero-order valence-electron chi connectivity index (χ0n) is 13.1. The van der Waals surface area contributed by atoms with Gasteiger partial charge in [-0.05, 0) is 0 Å². The number of piperidine rings is 1. The highest BCUT2D eigenvalue weighted by molar-refractivity contribution is 4.93. The van der Waals surface area contributed by atoms with E-state index in [0.717, 1.165) is 0 Å². The van der Waals surface area contributed by atoms with Crippen LogP contribution >= 0.6 is 0 Å². The van der Waals surface area contributed by atoms with E-state index in [2.05, 4.69) is 0 Å². The Bertz CT molecular complexity index is 371. The molecule has 0 aromatic carbocycles. The van der Waals surface area contributed by atoms with Crippen molar-refractivity contribution in [2.45, 2.75) is 36.8 Å². The van der Waals surface area contributed by atoms with Crippen molar-refractivity contribution in [2.75, 3.05) is 40.0 Å². The number of likely N-dealkylation sites (tertiary alicyclic amines) is 1. The zero-order chi connectivity index (χ0) is 17.1. The monoisotopic (exact) mass is 337 g/mol. The third-order valence-corrected chi connectivity index (χ3v) is 4.78. The van der Waals surface area contributed by atoms with Crippen LogP contribution in [-0.2, 0) is 9.47 Å². The molecule has 9 nitrogen and oxygen atoms in total. The Hall–Kier alpha value is -0.360. The van der Waals surface area contributed by atoms with E-state index in [-0.39, 0.29) is 26.3 Å². The lowest BCUT2D eigenvalue weighted by Gasteiger charge is -2.45. The summed E-state index contributed by atoms with van der Waals surface area (Å²) in [6, 6.07) is 0. The van der Waals surface area contributed by atoms with Crippen molar-refractivity contribution in [1.29, 1.82) is 0 Å². The van der Waals surface area contributed by atoms with E-state index in [9.17, 15) is 30.6 Å². The van der Waals surface area contributed by atoms with E-state index < -0.39 is 48.6 Å². The third kappa shape index (κ3) is 4.01. The Kier molecular flexibility index (Phi) is 6.72. The van der Waals surface area contributed by atoms with Gasteiger partial charge in [0.05, 0.1) is 31.0 Å². The number of β-amino-alcohol motifs (C(OH)–C–C–N with tert-alkyl or cyclic N) is 1. The molecule has 0 amide bonds. The van der Waals surface area contributed by atoms with E-state index in [4.69, 9.17) is 9.47 Å². The van der Waals surface area contributed by atoms with Crippen LogP contribution in [0, 0.1) is 11.8 Å². The molecule has 0 aliphatic carbocycles. The molecule has 2 aliphatic heterocycles. The summed E-state index contributed by atoms with van der Waals surface area (Å²) in [6.45, 7) is 0.121. The van der Waals surface area contributed by atoms with Crippen molar-refractivity contribution in [2.24, 2.45) is 11.8 Å². The first kappa shape index (κ1) is 19.0. The Morgan fingerprint density at radius 2 is 1.70 bits per heavy atom. The molecule has 6 N–H and O–H groups in total. The fourth-order valence-electron chi connectivity index (χ4n) is 3.40. The second-order valence-corrected chi connectivity index (χ2v) is 6.33. The van der Waals surface area contributed by atoms with Crippen LogP contribution in [0.15, 0.2) is 0 Å². The van der Waals surface area contributed by atoms with Crippen molar-refractivity contribution in [3.63, 3.8) is 0 Å². The van der Waals surface area contributed by atoms with Crippen LogP contribution in [0.25, 0.3) is 0 Å². The summed E-state index contributed by atoms with van der Waals surface area (Å²) in [7, 11) is 1.34. The molecule has 2 aliphatic rings. The van der Waals surface area contributed by atoms with Crippen molar-refractivity contribution < 1.29 is 40.1 Å². The third-order valence-electron chi connectivity index (χ3n) is 4.78. The van der Waals surface area contributed by atoms with E-state index in [1.165, 1.54) is 7.11 Å². The number of methoxy groups -OCH3 is 1. The molecule has 0 unspecified atom stereocenters. The fraction of sp³-hybridized carbons (Fsp3) is 1.00. The maximum absolute atomic E-state index is 10.3. The number of aliphatic hydroxyl groups is 6. The highest BCUT2D eigenvalue weighted by Gasteiger charge is 2.46. The molecule has 9 heteroatoms. The van der Waals surface area contributed by atoms with Crippen LogP contribution < -0.4 is 0 Å². The van der Waals surface area contributed by atoms with Gasteiger partial charge >= 0.3 is 0 Å². The van der Waals surface area contributed by atoms with Crippen LogP contribution in [0.1, 0.15) is 0 Å². The molecule has 2 fully saturated rings. The number of hydrogen-bond donors (Lipinski definition) is 6. The SMILES string of the molecule is CO[C@@H]1O[C@H](CO)[C@@H](CN2C[C@H](CO)[C@H](O)[C@@H](O)C2)[C@H](O)[C@H]1O. The summed E-state index contributed by atoms with van der Waals surface area (Å²) in [4.78, 5) is 1.78. The molecule has 0 bridgehead atoms. The normalized spacial score (nSPS) is 46.0. The van der Waals surface area contributed by atoms with Gasteiger partial charge < -0.3 is 40.1 Å². The molecular weight excluding hydrogens is 310 g/mol. The maximum Gasteiger partial charge on any atom is 0.186 e. The summed E-state index contributed by atoms with van der Waals surface area (Å²) in [5.74, 6) is -1.09. The Balaban J connectivity index is 2.05. The largest absolute Gasteiger partial charge is 0.396 e. The van der Waals surface area contributed by atoms with E-state index in [1.54, 1.807) is 4.90 Å². The Morgan fingerprint density at radius 1 is 1.00 bits per heavy atom. The van der Waals surface area contributed by atoms with E-state index >= 15 is 0 Å². The molecule has 0 radical (unpaired) electrons. The van der Waals surface area contributed by atoms with E-state index in [0.29, 0.717) is 6.54 Å². The predicted molar refractivity (Wildman–Crippen MR) is 77.3 cm³/mol. The summed E-state index contributed by atoms with van der Waals surface area (Å²) < 4.78 is 10.4. The second-order valence-electron chi connectivity index (χ2n) is 6.33. The number of aliphatic hydroxyl groups excluding tert-OH is 6. The maximum atomic E-state index is 10.3. The minimum absolute atomic E-state index is 0.169. The standard InChI is InChI=1S/C14H27NO8/c1-22-14-13(21)12(20)8(10(6-17)23-14)3-15-2-7(5-16)11(19)9(18)4-15/h7-14,16-21H,2-6H2,1H3/t7-,8-,9+,10-,11+,12+,13-,14-/m1/s1. The van der Waals surface area contributed by atoms with Gasteiger partial charge in [0.15, 0.2) is 6.29 Å². The summed E-state index contributed by atoms with van der Waals surface area (Å²) in [6.07, 6.45) is -6.16. The molecule has 23 heavy (non-hydrogen) atoms. The highest BCUT2D eigenvalue weighted by Crippen LogP contribution is 2.29. The fourth-order valence-corrected chi connectivity index (χ4v) is 3.40. The molecule has 0 aromatic heterocycles. The van der Waals surface area contributed by atoms with Gasteiger partial charge in [-0.1, -0.05) is 0 Å². The van der Waals surface area contributed by atoms with Crippen molar-refractivity contribution >= 4 is 0 Å². The first-order valence-electron chi connectivity index (χ1n) is 7.77. The van der Waals surface area contributed by atoms with Gasteiger partial charge in [-0.2, -0.15) is 0 Å². The quantitative estimate of drug-likeness (QED) is 0.299. The van der Waals surface area contributed by atoms with Gasteiger partial charge in [0, 0.05) is 45.2 Å². The zero-order valence-corrected chi connectivity index (χ0v) is 13.1. The lowest BCUT2D eigenvalue weighted by atomic mass is 9.86. The first-order chi connectivity index (χ1) is 10.9. The second kappa shape index (κ2) is 8.15. The first-order valence-corrected chi connectivity index (χ1v) is 7.77. The molecule has 136 valence electrons. The molecule has 0 aromatic rings. The summed E-state index contributed by atoms with van der Waals surface area (Å²) in [5.41, 5.74) is 0. The van der Waals surface area contributed by atoms with Crippen molar-refractivity contribution in [3.8, 4) is 0 Å². The van der Waals surface area contributed by atoms with Gasteiger partial charge in [-0.3, -0.25) is 4.90 Å². The minimum atomic E-state index is -1.25. The molecule has 0 saturated carbocycles. The van der Waals surface area contributed by atoms with Crippen LogP contribution in [0.4, 0.5) is 0 Å². The predicted octanol–water partition coefficient (Wildman–Crippen LogP) is -3.67. The topological polar surface area (TPSA) is 143 Å². The van der Waals surface area contributed by atoms with Gasteiger partial charge in [-0.15, -0.1) is 0 Å². The highest BCUT2D eigenvalue weighted by atomic mass is 16.7. The van der Waals surface area contributed by atoms with Gasteiger partial charge in [0.1, 0.15) is 6.10 Å². The Labute approximate surface area is 134 Å². The molecule has 2 saturated heterocycles. The number of ether oxygens (including phenoxy) is 2. The number of rotatable bonds is 5. The van der Waals surface area contributed by atoms with Gasteiger partial charge in [-0.25, -0.2) is 0 Å². The molecule has 0 spiro atoms. The van der Waals surface area contributed by atoms with Crippen LogP contribution in [0.3, 0.4) is 0 Å². The van der Waals surface area contributed by atoms with Gasteiger partial charge in [0.2, 0.25) is 0 Å². The molecular formula is C14H27NO8. The average molecular weight is 337 g/mol. The van der Waals surface area contributed by atoms with Crippen LogP contribution in [-0.4, -0.2) is 112 Å². The lowest BCUT2D eigenvalue weighted by molar-refractivity contribution is -0.285. The number of hydrogen-bond acceptors (Lipinski definition) is 9. The van der Waals surface area contributed by atoms with E-state index in [1.807, 2.05) is 0 Å². The number of nitrogens with zero attached hydrogens (tertiary/aromatic N) is 1. The average Bonchev–Trinajstić information content (AvgIpc) is 2.55. The smallest absolute Gasteiger partial charge is 0.186 e. The molecule has 2 heterocycles. The van der Waals surface area contributed by atoms with Crippen molar-refractivity contribution in [3.05, 3.63) is 0 Å². The molecule has 8 atom stereocenters. The van der Waals surface area contributed by atoms with Crippen LogP contribution in [0.2, 0.25) is 0 Å².